The first kappa shape index (κ1) is 25.8. The van der Waals surface area contributed by atoms with Gasteiger partial charge in [0.1, 0.15) is 12.1 Å². The summed E-state index contributed by atoms with van der Waals surface area (Å²) in [6.07, 6.45) is 6.98. The maximum atomic E-state index is 15.3. The summed E-state index contributed by atoms with van der Waals surface area (Å²) in [5.74, 6) is 3.37. The average molecular weight is 560 g/mol. The molecule has 3 fully saturated rings. The first-order valence-corrected chi connectivity index (χ1v) is 14.2. The molecule has 0 spiro atoms. The highest BCUT2D eigenvalue weighted by Gasteiger charge is 2.42. The van der Waals surface area contributed by atoms with E-state index in [9.17, 15) is 0 Å². The van der Waals surface area contributed by atoms with Crippen molar-refractivity contribution >= 4 is 34.2 Å². The van der Waals surface area contributed by atoms with Gasteiger partial charge in [-0.1, -0.05) is 6.42 Å². The summed E-state index contributed by atoms with van der Waals surface area (Å²) < 4.78 is 27.6. The molecule has 2 aliphatic carbocycles. The number of piperazine rings is 1. The fourth-order valence-corrected chi connectivity index (χ4v) is 6.99. The van der Waals surface area contributed by atoms with E-state index in [4.69, 9.17) is 15.2 Å². The summed E-state index contributed by atoms with van der Waals surface area (Å²) >= 11 is 0. The molecule has 4 aromatic rings. The molecule has 12 heteroatoms. The van der Waals surface area contributed by atoms with Crippen molar-refractivity contribution in [2.75, 3.05) is 56.3 Å². The van der Waals surface area contributed by atoms with E-state index in [1.807, 2.05) is 12.1 Å². The Morgan fingerprint density at radius 2 is 1.78 bits per heavy atom. The molecule has 41 heavy (non-hydrogen) atoms. The number of nitrogens with two attached hydrogens (primary N) is 1. The summed E-state index contributed by atoms with van der Waals surface area (Å²) in [5.41, 5.74) is 8.00. The largest absolute Gasteiger partial charge is 0.493 e. The second-order valence-electron chi connectivity index (χ2n) is 11.2. The van der Waals surface area contributed by atoms with E-state index < -0.39 is 0 Å². The second kappa shape index (κ2) is 10.3. The zero-order chi connectivity index (χ0) is 28.1. The van der Waals surface area contributed by atoms with Crippen LogP contribution < -0.4 is 25.4 Å². The minimum atomic E-state index is -0.279. The van der Waals surface area contributed by atoms with Crippen LogP contribution in [0.25, 0.3) is 16.7 Å². The van der Waals surface area contributed by atoms with Crippen molar-refractivity contribution in [1.82, 2.24) is 29.6 Å². The maximum Gasteiger partial charge on any atom is 0.248 e. The normalized spacial score (nSPS) is 22.4. The number of aromatic nitrogens is 5. The van der Waals surface area contributed by atoms with Gasteiger partial charge in [-0.2, -0.15) is 9.67 Å². The number of hydrogen-bond acceptors (Lipinski definition) is 10. The van der Waals surface area contributed by atoms with Crippen LogP contribution >= 0.6 is 0 Å². The van der Waals surface area contributed by atoms with E-state index in [0.29, 0.717) is 39.6 Å². The Morgan fingerprint density at radius 1 is 0.976 bits per heavy atom. The number of halogens is 1. The molecule has 3 N–H and O–H groups in total. The van der Waals surface area contributed by atoms with Gasteiger partial charge in [0, 0.05) is 49.4 Å². The van der Waals surface area contributed by atoms with Gasteiger partial charge >= 0.3 is 0 Å². The highest BCUT2D eigenvalue weighted by Crippen LogP contribution is 2.47. The van der Waals surface area contributed by atoms with Gasteiger partial charge in [0.05, 0.1) is 25.4 Å². The van der Waals surface area contributed by atoms with Crippen LogP contribution in [0.15, 0.2) is 36.7 Å². The van der Waals surface area contributed by atoms with Crippen molar-refractivity contribution in [2.45, 2.75) is 31.7 Å². The Morgan fingerprint density at radius 3 is 2.49 bits per heavy atom. The third kappa shape index (κ3) is 4.65. The van der Waals surface area contributed by atoms with Gasteiger partial charge in [0.25, 0.3) is 0 Å². The summed E-state index contributed by atoms with van der Waals surface area (Å²) in [4.78, 5) is 17.8. The zero-order valence-corrected chi connectivity index (χ0v) is 23.3. The molecule has 3 aliphatic rings. The lowest BCUT2D eigenvalue weighted by molar-refractivity contribution is 0.134. The summed E-state index contributed by atoms with van der Waals surface area (Å²) in [5, 5.41) is 8.23. The number of nitrogen functional groups attached to an aromatic ring is 1. The first-order valence-electron chi connectivity index (χ1n) is 14.2. The SMILES string of the molecule is COc1cc2ncnc(-n3nc(Nc4ccc(N5CCN(C6CC7CCC6C7)CC5)c(F)c4)nc3N)c2cc1OC. The van der Waals surface area contributed by atoms with Crippen LogP contribution in [0, 0.1) is 17.7 Å². The van der Waals surface area contributed by atoms with Crippen LogP contribution in [-0.2, 0) is 0 Å². The highest BCUT2D eigenvalue weighted by molar-refractivity contribution is 5.88. The van der Waals surface area contributed by atoms with Crippen LogP contribution in [0.4, 0.5) is 27.7 Å². The molecular weight excluding hydrogens is 525 g/mol. The first-order chi connectivity index (χ1) is 20.0. The topological polar surface area (TPSA) is 119 Å². The van der Waals surface area contributed by atoms with Crippen molar-refractivity contribution in [3.63, 3.8) is 0 Å². The molecule has 11 nitrogen and oxygen atoms in total. The van der Waals surface area contributed by atoms with Crippen LogP contribution in [0.2, 0.25) is 0 Å². The van der Waals surface area contributed by atoms with E-state index >= 15 is 4.39 Å². The van der Waals surface area contributed by atoms with Gasteiger partial charge in [-0.05, 0) is 55.4 Å². The summed E-state index contributed by atoms with van der Waals surface area (Å²) in [6.45, 7) is 3.65. The van der Waals surface area contributed by atoms with E-state index in [0.717, 1.165) is 44.1 Å². The summed E-state index contributed by atoms with van der Waals surface area (Å²) in [7, 11) is 3.12. The van der Waals surface area contributed by atoms with Crippen LogP contribution in [0.5, 0.6) is 11.5 Å². The van der Waals surface area contributed by atoms with Crippen molar-refractivity contribution in [1.29, 1.82) is 0 Å². The van der Waals surface area contributed by atoms with Crippen molar-refractivity contribution in [2.24, 2.45) is 11.8 Å². The van der Waals surface area contributed by atoms with Gasteiger partial charge in [-0.15, -0.1) is 5.10 Å². The van der Waals surface area contributed by atoms with Gasteiger partial charge in [-0.3, -0.25) is 4.90 Å². The molecule has 2 aromatic carbocycles. The molecule has 0 radical (unpaired) electrons. The number of rotatable bonds is 7. The molecule has 2 bridgehead atoms. The molecule has 3 unspecified atom stereocenters. The number of methoxy groups -OCH3 is 2. The number of benzene rings is 2. The Balaban J connectivity index is 1.06. The smallest absolute Gasteiger partial charge is 0.248 e. The fraction of sp³-hybridized carbons (Fsp3) is 0.448. The number of ether oxygens (including phenoxy) is 2. The molecule has 1 saturated heterocycles. The molecular formula is C29H34FN9O2. The van der Waals surface area contributed by atoms with Gasteiger partial charge < -0.3 is 25.4 Å². The van der Waals surface area contributed by atoms with E-state index in [-0.39, 0.29) is 17.7 Å². The van der Waals surface area contributed by atoms with Crippen molar-refractivity contribution in [3.05, 3.63) is 42.5 Å². The molecule has 0 amide bonds. The van der Waals surface area contributed by atoms with Crippen LogP contribution in [-0.4, -0.2) is 76.1 Å². The number of fused-ring (bicyclic) bond motifs is 3. The summed E-state index contributed by atoms with van der Waals surface area (Å²) in [6, 6.07) is 9.40. The molecule has 1 aliphatic heterocycles. The average Bonchev–Trinajstić information content (AvgIpc) is 3.72. The van der Waals surface area contributed by atoms with Gasteiger partial charge in [0.15, 0.2) is 17.3 Å². The van der Waals surface area contributed by atoms with E-state index in [2.05, 4.69) is 35.2 Å². The fourth-order valence-electron chi connectivity index (χ4n) is 6.99. The Hall–Kier alpha value is -4.19. The number of nitrogens with one attached hydrogen (secondary N) is 1. The molecule has 3 heterocycles. The molecule has 7 rings (SSSR count). The maximum absolute atomic E-state index is 15.3. The molecule has 2 aromatic heterocycles. The Kier molecular flexibility index (Phi) is 6.49. The minimum Gasteiger partial charge on any atom is -0.493 e. The van der Waals surface area contributed by atoms with E-state index in [1.54, 1.807) is 26.4 Å². The molecule has 214 valence electrons. The van der Waals surface area contributed by atoms with Crippen molar-refractivity contribution < 1.29 is 13.9 Å². The number of anilines is 4. The van der Waals surface area contributed by atoms with E-state index in [1.165, 1.54) is 42.8 Å². The minimum absolute atomic E-state index is 0.118. The molecule has 2 saturated carbocycles. The predicted octanol–water partition coefficient (Wildman–Crippen LogP) is 4.00. The zero-order valence-electron chi connectivity index (χ0n) is 23.3. The monoisotopic (exact) mass is 559 g/mol. The lowest BCUT2D eigenvalue weighted by Gasteiger charge is -2.41. The third-order valence-corrected chi connectivity index (χ3v) is 8.98. The van der Waals surface area contributed by atoms with Crippen molar-refractivity contribution in [3.8, 4) is 17.3 Å². The number of nitrogens with zero attached hydrogens (tertiary/aromatic N) is 7. The van der Waals surface area contributed by atoms with Crippen LogP contribution in [0.1, 0.15) is 25.7 Å². The lowest BCUT2D eigenvalue weighted by Crippen LogP contribution is -2.52. The highest BCUT2D eigenvalue weighted by atomic mass is 19.1. The van der Waals surface area contributed by atoms with Crippen LogP contribution in [0.3, 0.4) is 0 Å². The Labute approximate surface area is 237 Å². The van der Waals surface area contributed by atoms with Gasteiger partial charge in [0.2, 0.25) is 11.9 Å². The third-order valence-electron chi connectivity index (χ3n) is 8.98. The van der Waals surface area contributed by atoms with Gasteiger partial charge in [-0.25, -0.2) is 14.4 Å². The lowest BCUT2D eigenvalue weighted by atomic mass is 9.93. The second-order valence-corrected chi connectivity index (χ2v) is 11.2. The predicted molar refractivity (Wildman–Crippen MR) is 155 cm³/mol. The Bertz CT molecular complexity index is 1590. The quantitative estimate of drug-likeness (QED) is 0.344. The standard InChI is InChI=1S/C29H34FN9O2/c1-40-25-14-20-22(15-26(25)41-2)32-16-33-27(20)39-28(31)35-29(36-39)34-19-5-6-23(21(30)13-19)37-7-9-38(10-8-37)24-12-17-3-4-18(24)11-17/h5-6,13-18,24H,3-4,7-12H2,1-2H3,(H3,31,34,35,36). The number of hydrogen-bond donors (Lipinski definition) is 2. The molecule has 3 atom stereocenters.